The number of hydrogen-bond acceptors (Lipinski definition) is 5. The van der Waals surface area contributed by atoms with Crippen LogP contribution in [0.1, 0.15) is 41.9 Å². The molecule has 0 atom stereocenters. The number of halogens is 1. The Morgan fingerprint density at radius 1 is 0.862 bits per heavy atom. The maximum absolute atomic E-state index is 13.1. The van der Waals surface area contributed by atoms with Crippen molar-refractivity contribution in [3.05, 3.63) is 47.5 Å². The van der Waals surface area contributed by atoms with Crippen molar-refractivity contribution in [3.8, 4) is 0 Å². The first-order valence-electron chi connectivity index (χ1n) is 10.5. The average molecular weight is 397 g/mol. The molecule has 0 spiro atoms. The predicted octanol–water partition coefficient (Wildman–Crippen LogP) is 3.27. The van der Waals surface area contributed by atoms with E-state index in [9.17, 15) is 9.18 Å². The number of amides is 1. The van der Waals surface area contributed by atoms with Gasteiger partial charge in [-0.1, -0.05) is 12.8 Å². The third-order valence-electron chi connectivity index (χ3n) is 5.71. The van der Waals surface area contributed by atoms with E-state index in [0.717, 1.165) is 50.4 Å². The fourth-order valence-corrected chi connectivity index (χ4v) is 4.06. The van der Waals surface area contributed by atoms with Crippen LogP contribution in [0.5, 0.6) is 0 Å². The first-order chi connectivity index (χ1) is 14.1. The zero-order chi connectivity index (χ0) is 20.2. The molecule has 6 nitrogen and oxygen atoms in total. The Labute approximate surface area is 171 Å². The van der Waals surface area contributed by atoms with E-state index >= 15 is 0 Å². The zero-order valence-electron chi connectivity index (χ0n) is 17.0. The minimum atomic E-state index is -0.234. The highest BCUT2D eigenvalue weighted by Crippen LogP contribution is 2.20. The number of benzene rings is 1. The summed E-state index contributed by atoms with van der Waals surface area (Å²) in [5.74, 6) is 0.410. The van der Waals surface area contributed by atoms with Crippen molar-refractivity contribution in [1.29, 1.82) is 0 Å². The molecule has 4 rings (SSSR count). The van der Waals surface area contributed by atoms with Gasteiger partial charge in [0.1, 0.15) is 11.5 Å². The highest BCUT2D eigenvalue weighted by molar-refractivity contribution is 5.93. The highest BCUT2D eigenvalue weighted by Gasteiger charge is 2.25. The first kappa shape index (κ1) is 19.6. The molecule has 29 heavy (non-hydrogen) atoms. The van der Waals surface area contributed by atoms with Gasteiger partial charge in [-0.15, -0.1) is 0 Å². The lowest BCUT2D eigenvalue weighted by molar-refractivity contribution is 0.0740. The normalized spacial score (nSPS) is 17.9. The van der Waals surface area contributed by atoms with Crippen LogP contribution in [-0.2, 0) is 0 Å². The van der Waals surface area contributed by atoms with Crippen LogP contribution < -0.4 is 9.80 Å². The molecule has 1 aromatic carbocycles. The fourth-order valence-electron chi connectivity index (χ4n) is 4.06. The van der Waals surface area contributed by atoms with Crippen molar-refractivity contribution in [3.63, 3.8) is 0 Å². The van der Waals surface area contributed by atoms with Gasteiger partial charge < -0.3 is 14.7 Å². The Hall–Kier alpha value is -2.70. The molecule has 0 bridgehead atoms. The number of carbonyl (C=O) groups excluding carboxylic acids is 1. The summed E-state index contributed by atoms with van der Waals surface area (Å²) < 4.78 is 13.1. The second kappa shape index (κ2) is 8.76. The van der Waals surface area contributed by atoms with E-state index in [2.05, 4.69) is 19.8 Å². The van der Waals surface area contributed by atoms with Crippen LogP contribution in [0.25, 0.3) is 0 Å². The maximum Gasteiger partial charge on any atom is 0.272 e. The highest BCUT2D eigenvalue weighted by atomic mass is 19.1. The van der Waals surface area contributed by atoms with Crippen molar-refractivity contribution in [2.75, 3.05) is 49.1 Å². The molecule has 2 aliphatic rings. The SMILES string of the molecule is Cc1cc(C(=O)N2CCN(c3ccc(F)cc3)CC2)nc(N2CCCCCC2)n1. The molecule has 154 valence electrons. The van der Waals surface area contributed by atoms with E-state index in [1.807, 2.05) is 11.8 Å². The number of aryl methyl sites for hydroxylation is 1. The van der Waals surface area contributed by atoms with Crippen molar-refractivity contribution in [1.82, 2.24) is 14.9 Å². The Kier molecular flexibility index (Phi) is 5.92. The Balaban J connectivity index is 1.43. The Morgan fingerprint density at radius 3 is 2.17 bits per heavy atom. The molecule has 2 saturated heterocycles. The summed E-state index contributed by atoms with van der Waals surface area (Å²) >= 11 is 0. The summed E-state index contributed by atoms with van der Waals surface area (Å²) in [4.78, 5) is 28.6. The van der Waals surface area contributed by atoms with Gasteiger partial charge in [0.15, 0.2) is 0 Å². The number of nitrogens with zero attached hydrogens (tertiary/aromatic N) is 5. The standard InChI is InChI=1S/C22H28FN5O/c1-17-16-20(25-22(24-17)28-10-4-2-3-5-11-28)21(29)27-14-12-26(13-15-27)19-8-6-18(23)7-9-19/h6-9,16H,2-5,10-15H2,1H3. The summed E-state index contributed by atoms with van der Waals surface area (Å²) in [5.41, 5.74) is 2.29. The molecule has 1 amide bonds. The molecule has 2 aliphatic heterocycles. The molecule has 0 saturated carbocycles. The van der Waals surface area contributed by atoms with E-state index in [1.54, 1.807) is 18.2 Å². The zero-order valence-corrected chi connectivity index (χ0v) is 17.0. The van der Waals surface area contributed by atoms with Crippen molar-refractivity contribution in [2.24, 2.45) is 0 Å². The Morgan fingerprint density at radius 2 is 1.52 bits per heavy atom. The number of rotatable bonds is 3. The van der Waals surface area contributed by atoms with Gasteiger partial charge in [-0.3, -0.25) is 4.79 Å². The number of carbonyl (C=O) groups is 1. The summed E-state index contributed by atoms with van der Waals surface area (Å²) in [6.07, 6.45) is 4.77. The van der Waals surface area contributed by atoms with Gasteiger partial charge in [-0.2, -0.15) is 0 Å². The van der Waals surface area contributed by atoms with Gasteiger partial charge in [0.05, 0.1) is 0 Å². The van der Waals surface area contributed by atoms with Gasteiger partial charge >= 0.3 is 0 Å². The summed E-state index contributed by atoms with van der Waals surface area (Å²) in [5, 5.41) is 0. The molecule has 2 aromatic rings. The molecule has 2 fully saturated rings. The van der Waals surface area contributed by atoms with Gasteiger partial charge in [-0.25, -0.2) is 14.4 Å². The molecule has 7 heteroatoms. The summed E-state index contributed by atoms with van der Waals surface area (Å²) in [6, 6.07) is 8.31. The number of hydrogen-bond donors (Lipinski definition) is 0. The van der Waals surface area contributed by atoms with Crippen LogP contribution in [-0.4, -0.2) is 60.0 Å². The van der Waals surface area contributed by atoms with Crippen molar-refractivity contribution in [2.45, 2.75) is 32.6 Å². The summed E-state index contributed by atoms with van der Waals surface area (Å²) in [6.45, 7) is 6.52. The molecule has 0 aliphatic carbocycles. The quantitative estimate of drug-likeness (QED) is 0.796. The van der Waals surface area contributed by atoms with Crippen LogP contribution >= 0.6 is 0 Å². The van der Waals surface area contributed by atoms with Crippen LogP contribution in [0.2, 0.25) is 0 Å². The third kappa shape index (κ3) is 4.66. The first-order valence-corrected chi connectivity index (χ1v) is 10.5. The van der Waals surface area contributed by atoms with E-state index in [-0.39, 0.29) is 11.7 Å². The number of aromatic nitrogens is 2. The van der Waals surface area contributed by atoms with Gasteiger partial charge in [-0.05, 0) is 50.1 Å². The second-order valence-electron chi connectivity index (χ2n) is 7.85. The molecule has 0 unspecified atom stereocenters. The minimum Gasteiger partial charge on any atom is -0.368 e. The fraction of sp³-hybridized carbons (Fsp3) is 0.500. The number of anilines is 2. The smallest absolute Gasteiger partial charge is 0.272 e. The molecular weight excluding hydrogens is 369 g/mol. The largest absolute Gasteiger partial charge is 0.368 e. The van der Waals surface area contributed by atoms with Crippen molar-refractivity contribution >= 4 is 17.5 Å². The van der Waals surface area contributed by atoms with E-state index in [4.69, 9.17) is 0 Å². The lowest BCUT2D eigenvalue weighted by Gasteiger charge is -2.36. The summed E-state index contributed by atoms with van der Waals surface area (Å²) in [7, 11) is 0. The van der Waals surface area contributed by atoms with Gasteiger partial charge in [0.25, 0.3) is 5.91 Å². The molecule has 1 aromatic heterocycles. The topological polar surface area (TPSA) is 52.6 Å². The Bertz CT molecular complexity index is 841. The molecule has 0 radical (unpaired) electrons. The lowest BCUT2D eigenvalue weighted by Crippen LogP contribution is -2.49. The average Bonchev–Trinajstić information content (AvgIpc) is 3.03. The van der Waals surface area contributed by atoms with E-state index in [0.29, 0.717) is 24.7 Å². The van der Waals surface area contributed by atoms with E-state index < -0.39 is 0 Å². The monoisotopic (exact) mass is 397 g/mol. The third-order valence-corrected chi connectivity index (χ3v) is 5.71. The van der Waals surface area contributed by atoms with Gasteiger partial charge in [0, 0.05) is 50.6 Å². The number of piperazine rings is 1. The predicted molar refractivity (Wildman–Crippen MR) is 112 cm³/mol. The maximum atomic E-state index is 13.1. The minimum absolute atomic E-state index is 0.0367. The molecular formula is C22H28FN5O. The second-order valence-corrected chi connectivity index (χ2v) is 7.85. The van der Waals surface area contributed by atoms with Gasteiger partial charge in [0.2, 0.25) is 5.95 Å². The van der Waals surface area contributed by atoms with Crippen LogP contribution in [0, 0.1) is 12.7 Å². The van der Waals surface area contributed by atoms with Crippen LogP contribution in [0.15, 0.2) is 30.3 Å². The molecule has 3 heterocycles. The lowest BCUT2D eigenvalue weighted by atomic mass is 10.2. The van der Waals surface area contributed by atoms with E-state index in [1.165, 1.54) is 25.0 Å². The van der Waals surface area contributed by atoms with Crippen LogP contribution in [0.3, 0.4) is 0 Å². The van der Waals surface area contributed by atoms with Crippen LogP contribution in [0.4, 0.5) is 16.0 Å². The van der Waals surface area contributed by atoms with Crippen molar-refractivity contribution < 1.29 is 9.18 Å². The molecule has 0 N–H and O–H groups in total.